The molecule has 2 heterocycles. The molecule has 0 saturated carbocycles. The minimum Gasteiger partial charge on any atom is -0.299 e. The van der Waals surface area contributed by atoms with Crippen molar-refractivity contribution < 1.29 is 0 Å². The molecule has 3 aromatic carbocycles. The summed E-state index contributed by atoms with van der Waals surface area (Å²) in [5.41, 5.74) is 8.77. The molecule has 2 nitrogen and oxygen atoms in total. The molecule has 2 aromatic heterocycles. The summed E-state index contributed by atoms with van der Waals surface area (Å²) in [5, 5.41) is 3.78. The van der Waals surface area contributed by atoms with Crippen LogP contribution in [0.2, 0.25) is 0 Å². The molecule has 0 spiro atoms. The van der Waals surface area contributed by atoms with Crippen molar-refractivity contribution in [3.63, 3.8) is 0 Å². The van der Waals surface area contributed by atoms with E-state index in [9.17, 15) is 0 Å². The van der Waals surface area contributed by atoms with Gasteiger partial charge in [0.15, 0.2) is 0 Å². The van der Waals surface area contributed by atoms with Crippen molar-refractivity contribution in [2.24, 2.45) is 0 Å². The lowest BCUT2D eigenvalue weighted by Crippen LogP contribution is -1.96. The maximum atomic E-state index is 4.68. The molecule has 5 aromatic rings. The third kappa shape index (κ3) is 1.96. The maximum Gasteiger partial charge on any atom is 0.145 e. The zero-order chi connectivity index (χ0) is 17.8. The van der Waals surface area contributed by atoms with E-state index in [4.69, 9.17) is 0 Å². The number of fused-ring (bicyclic) bond motifs is 6. The number of benzene rings is 3. The predicted octanol–water partition coefficient (Wildman–Crippen LogP) is 6.23. The molecule has 0 aliphatic carbocycles. The number of aryl methyl sites for hydroxylation is 3. The van der Waals surface area contributed by atoms with Crippen LogP contribution in [-0.2, 0) is 0 Å². The van der Waals surface area contributed by atoms with Crippen molar-refractivity contribution in [3.8, 4) is 11.1 Å². The van der Waals surface area contributed by atoms with Crippen LogP contribution >= 0.6 is 0 Å². The van der Waals surface area contributed by atoms with E-state index in [2.05, 4.69) is 91.0 Å². The summed E-state index contributed by atoms with van der Waals surface area (Å²) in [7, 11) is 0. The van der Waals surface area contributed by atoms with Crippen LogP contribution in [0.5, 0.6) is 0 Å². The molecular weight excluding hydrogens is 316 g/mol. The molecule has 126 valence electrons. The Bertz CT molecular complexity index is 1290. The van der Waals surface area contributed by atoms with E-state index in [1.54, 1.807) is 0 Å². The molecule has 0 amide bonds. The van der Waals surface area contributed by atoms with E-state index in [-0.39, 0.29) is 0 Å². The summed E-state index contributed by atoms with van der Waals surface area (Å²) in [6, 6.07) is 19.7. The highest BCUT2D eigenvalue weighted by Gasteiger charge is 2.16. The Morgan fingerprint density at radius 1 is 0.731 bits per heavy atom. The van der Waals surface area contributed by atoms with E-state index in [1.165, 1.54) is 49.5 Å². The van der Waals surface area contributed by atoms with Crippen molar-refractivity contribution in [2.75, 3.05) is 0 Å². The molecule has 0 bridgehead atoms. The van der Waals surface area contributed by atoms with Crippen LogP contribution in [0.4, 0.5) is 0 Å². The minimum atomic E-state index is 1.02. The molecule has 0 unspecified atom stereocenters. The van der Waals surface area contributed by atoms with Crippen LogP contribution < -0.4 is 0 Å². The van der Waals surface area contributed by atoms with E-state index in [0.717, 1.165) is 5.65 Å². The van der Waals surface area contributed by atoms with Gasteiger partial charge in [-0.25, -0.2) is 4.98 Å². The standard InChI is InChI=1S/C24H20N2/c1-15-7-4-8-16(2)21(15)18-10-6-12-20-22(18)19-11-5-9-17(3)23(19)26-14-13-25-24(20)26/h4-14H,1-3H3. The molecule has 0 aliphatic heterocycles. The van der Waals surface area contributed by atoms with Crippen molar-refractivity contribution >= 4 is 27.3 Å². The monoisotopic (exact) mass is 336 g/mol. The van der Waals surface area contributed by atoms with Crippen molar-refractivity contribution in [2.45, 2.75) is 20.8 Å². The maximum absolute atomic E-state index is 4.68. The highest BCUT2D eigenvalue weighted by Crippen LogP contribution is 2.39. The Kier molecular flexibility index (Phi) is 3.17. The Balaban J connectivity index is 2.10. The average molecular weight is 336 g/mol. The summed E-state index contributed by atoms with van der Waals surface area (Å²) >= 11 is 0. The van der Waals surface area contributed by atoms with E-state index in [1.807, 2.05) is 6.20 Å². The summed E-state index contributed by atoms with van der Waals surface area (Å²) in [4.78, 5) is 4.68. The normalized spacial score (nSPS) is 11.7. The first-order chi connectivity index (χ1) is 12.7. The Labute approximate surface area is 152 Å². The number of rotatable bonds is 1. The van der Waals surface area contributed by atoms with Crippen molar-refractivity contribution in [1.82, 2.24) is 9.38 Å². The highest BCUT2D eigenvalue weighted by molar-refractivity contribution is 6.18. The van der Waals surface area contributed by atoms with Gasteiger partial charge in [0, 0.05) is 28.6 Å². The number of pyridine rings is 1. The van der Waals surface area contributed by atoms with E-state index >= 15 is 0 Å². The second-order valence-corrected chi connectivity index (χ2v) is 7.09. The van der Waals surface area contributed by atoms with Crippen LogP contribution in [0.1, 0.15) is 16.7 Å². The molecule has 5 rings (SSSR count). The summed E-state index contributed by atoms with van der Waals surface area (Å²) in [5.74, 6) is 0. The lowest BCUT2D eigenvalue weighted by molar-refractivity contribution is 1.25. The summed E-state index contributed by atoms with van der Waals surface area (Å²) in [6.45, 7) is 6.57. The van der Waals surface area contributed by atoms with E-state index < -0.39 is 0 Å². The second-order valence-electron chi connectivity index (χ2n) is 7.09. The van der Waals surface area contributed by atoms with Crippen LogP contribution in [0.15, 0.2) is 67.0 Å². The Morgan fingerprint density at radius 2 is 1.38 bits per heavy atom. The first kappa shape index (κ1) is 15.2. The second kappa shape index (κ2) is 5.43. The SMILES string of the molecule is Cc1cccc(C)c1-c1cccc2c1c1cccc(C)c1n1ccnc21. The zero-order valence-electron chi connectivity index (χ0n) is 15.2. The lowest BCUT2D eigenvalue weighted by atomic mass is 9.90. The summed E-state index contributed by atoms with van der Waals surface area (Å²) in [6.07, 6.45) is 3.96. The Hall–Kier alpha value is -3.13. The van der Waals surface area contributed by atoms with Gasteiger partial charge in [-0.05, 0) is 48.6 Å². The van der Waals surface area contributed by atoms with Gasteiger partial charge in [-0.2, -0.15) is 0 Å². The molecule has 0 fully saturated rings. The molecule has 0 atom stereocenters. The minimum absolute atomic E-state index is 1.02. The fourth-order valence-electron chi connectivity index (χ4n) is 4.34. The molecular formula is C24H20N2. The highest BCUT2D eigenvalue weighted by atomic mass is 15.0. The topological polar surface area (TPSA) is 17.3 Å². The van der Waals surface area contributed by atoms with Gasteiger partial charge in [0.1, 0.15) is 5.65 Å². The number of imidazole rings is 1. The first-order valence-corrected chi connectivity index (χ1v) is 9.00. The third-order valence-electron chi connectivity index (χ3n) is 5.44. The lowest BCUT2D eigenvalue weighted by Gasteiger charge is -2.16. The quantitative estimate of drug-likeness (QED) is 0.332. The zero-order valence-corrected chi connectivity index (χ0v) is 15.2. The van der Waals surface area contributed by atoms with Crippen LogP contribution in [0.3, 0.4) is 0 Å². The first-order valence-electron chi connectivity index (χ1n) is 9.00. The number of nitrogens with zero attached hydrogens (tertiary/aromatic N) is 2. The molecule has 26 heavy (non-hydrogen) atoms. The molecule has 0 radical (unpaired) electrons. The van der Waals surface area contributed by atoms with Gasteiger partial charge in [-0.15, -0.1) is 0 Å². The van der Waals surface area contributed by atoms with Gasteiger partial charge in [0.05, 0.1) is 5.52 Å². The fraction of sp³-hybridized carbons (Fsp3) is 0.125. The molecule has 0 saturated heterocycles. The Morgan fingerprint density at radius 3 is 2.19 bits per heavy atom. The van der Waals surface area contributed by atoms with Gasteiger partial charge in [0.25, 0.3) is 0 Å². The molecule has 0 aliphatic rings. The molecule has 2 heteroatoms. The fourth-order valence-corrected chi connectivity index (χ4v) is 4.34. The third-order valence-corrected chi connectivity index (χ3v) is 5.44. The number of hydrogen-bond acceptors (Lipinski definition) is 1. The number of para-hydroxylation sites is 1. The van der Waals surface area contributed by atoms with E-state index in [0.29, 0.717) is 0 Å². The van der Waals surface area contributed by atoms with Crippen molar-refractivity contribution in [3.05, 3.63) is 83.7 Å². The van der Waals surface area contributed by atoms with Crippen LogP contribution in [-0.4, -0.2) is 9.38 Å². The number of hydrogen-bond donors (Lipinski definition) is 0. The average Bonchev–Trinajstić information content (AvgIpc) is 3.11. The summed E-state index contributed by atoms with van der Waals surface area (Å²) < 4.78 is 2.22. The van der Waals surface area contributed by atoms with Gasteiger partial charge < -0.3 is 0 Å². The van der Waals surface area contributed by atoms with Crippen molar-refractivity contribution in [1.29, 1.82) is 0 Å². The van der Waals surface area contributed by atoms with Gasteiger partial charge in [-0.3, -0.25) is 4.40 Å². The largest absolute Gasteiger partial charge is 0.299 e. The van der Waals surface area contributed by atoms with Crippen LogP contribution in [0.25, 0.3) is 38.4 Å². The van der Waals surface area contributed by atoms with Crippen LogP contribution in [0, 0.1) is 20.8 Å². The predicted molar refractivity (Wildman–Crippen MR) is 110 cm³/mol. The van der Waals surface area contributed by atoms with Gasteiger partial charge in [-0.1, -0.05) is 54.6 Å². The molecule has 0 N–H and O–H groups in total. The van der Waals surface area contributed by atoms with Gasteiger partial charge in [0.2, 0.25) is 0 Å². The van der Waals surface area contributed by atoms with Gasteiger partial charge >= 0.3 is 0 Å². The number of aromatic nitrogens is 2. The smallest absolute Gasteiger partial charge is 0.145 e.